The minimum absolute atomic E-state index is 0.254. The molecule has 33 heavy (non-hydrogen) atoms. The van der Waals surface area contributed by atoms with E-state index in [-0.39, 0.29) is 12.4 Å². The molecule has 0 atom stereocenters. The van der Waals surface area contributed by atoms with Crippen LogP contribution in [0.2, 0.25) is 0 Å². The summed E-state index contributed by atoms with van der Waals surface area (Å²) in [5.41, 5.74) is 0.410. The summed E-state index contributed by atoms with van der Waals surface area (Å²) in [4.78, 5) is 35.2. The van der Waals surface area contributed by atoms with Crippen LogP contribution in [0, 0.1) is 0 Å². The van der Waals surface area contributed by atoms with E-state index in [9.17, 15) is 14.4 Å². The number of esters is 3. The molecule has 0 aliphatic carbocycles. The predicted octanol–water partition coefficient (Wildman–Crippen LogP) is 5.28. The molecule has 0 amide bonds. The molecule has 0 aliphatic rings. The van der Waals surface area contributed by atoms with Gasteiger partial charge in [-0.15, -0.1) is 0 Å². The monoisotopic (exact) mass is 454 g/mol. The van der Waals surface area contributed by atoms with Crippen molar-refractivity contribution in [2.24, 2.45) is 0 Å². The van der Waals surface area contributed by atoms with Crippen molar-refractivity contribution in [3.63, 3.8) is 0 Å². The van der Waals surface area contributed by atoms with E-state index in [1.165, 1.54) is 0 Å². The molecule has 0 heterocycles. The third kappa shape index (κ3) is 10.0. The minimum Gasteiger partial charge on any atom is -0.494 e. The fourth-order valence-electron chi connectivity index (χ4n) is 2.73. The van der Waals surface area contributed by atoms with Crippen LogP contribution in [0.25, 0.3) is 0 Å². The molecule has 0 unspecified atom stereocenters. The molecule has 0 spiro atoms. The quantitative estimate of drug-likeness (QED) is 0.166. The average Bonchev–Trinajstić information content (AvgIpc) is 2.83. The number of unbranched alkanes of at least 4 members (excludes halogenated alkanes) is 3. The third-order valence-corrected chi connectivity index (χ3v) is 4.56. The zero-order valence-electron chi connectivity index (χ0n) is 18.9. The molecule has 0 saturated carbocycles. The van der Waals surface area contributed by atoms with Crippen molar-refractivity contribution in [1.82, 2.24) is 0 Å². The molecule has 2 aromatic rings. The molecule has 2 rings (SSSR count). The summed E-state index contributed by atoms with van der Waals surface area (Å²) in [6.07, 6.45) is 5.43. The second-order valence-corrected chi connectivity index (χ2v) is 7.24. The summed E-state index contributed by atoms with van der Waals surface area (Å²) in [5.74, 6) is 0.129. The summed E-state index contributed by atoms with van der Waals surface area (Å²) >= 11 is 0. The SMILES string of the molecule is C=CC(=O)OCCCCCC(=O)Oc1ccc(OC(=O)c2ccc(OCCCC)cc2)cc1. The number of rotatable bonds is 14. The first kappa shape index (κ1) is 25.6. The van der Waals surface area contributed by atoms with Crippen LogP contribution in [0.4, 0.5) is 0 Å². The van der Waals surface area contributed by atoms with Crippen molar-refractivity contribution in [1.29, 1.82) is 0 Å². The van der Waals surface area contributed by atoms with E-state index in [1.807, 2.05) is 0 Å². The molecule has 0 aliphatic heterocycles. The van der Waals surface area contributed by atoms with E-state index in [0.717, 1.165) is 25.3 Å². The summed E-state index contributed by atoms with van der Waals surface area (Å²) in [6, 6.07) is 13.1. The first-order chi connectivity index (χ1) is 16.0. The van der Waals surface area contributed by atoms with Crippen molar-refractivity contribution >= 4 is 17.9 Å². The second-order valence-electron chi connectivity index (χ2n) is 7.24. The van der Waals surface area contributed by atoms with Gasteiger partial charge in [-0.25, -0.2) is 9.59 Å². The molecule has 0 radical (unpaired) electrons. The molecular formula is C26H30O7. The lowest BCUT2D eigenvalue weighted by atomic mass is 10.2. The summed E-state index contributed by atoms with van der Waals surface area (Å²) < 4.78 is 21.1. The topological polar surface area (TPSA) is 88.1 Å². The molecule has 0 fully saturated rings. The maximum absolute atomic E-state index is 12.3. The molecule has 0 aromatic heterocycles. The maximum Gasteiger partial charge on any atom is 0.343 e. The Hall–Kier alpha value is -3.61. The van der Waals surface area contributed by atoms with E-state index in [2.05, 4.69) is 13.5 Å². The maximum atomic E-state index is 12.3. The fraction of sp³-hybridized carbons (Fsp3) is 0.346. The largest absolute Gasteiger partial charge is 0.494 e. The number of hydrogen-bond acceptors (Lipinski definition) is 7. The van der Waals surface area contributed by atoms with Gasteiger partial charge in [0.25, 0.3) is 0 Å². The number of benzene rings is 2. The fourth-order valence-corrected chi connectivity index (χ4v) is 2.73. The lowest BCUT2D eigenvalue weighted by Gasteiger charge is -2.08. The van der Waals surface area contributed by atoms with E-state index < -0.39 is 11.9 Å². The Balaban J connectivity index is 1.71. The van der Waals surface area contributed by atoms with Crippen molar-refractivity contribution in [2.45, 2.75) is 45.4 Å². The number of hydrogen-bond donors (Lipinski definition) is 0. The molecule has 7 heteroatoms. The Bertz CT molecular complexity index is 901. The van der Waals surface area contributed by atoms with Crippen LogP contribution in [-0.4, -0.2) is 31.1 Å². The van der Waals surface area contributed by atoms with E-state index >= 15 is 0 Å². The molecule has 2 aromatic carbocycles. The zero-order valence-corrected chi connectivity index (χ0v) is 18.9. The Kier molecular flexibility index (Phi) is 11.2. The van der Waals surface area contributed by atoms with Gasteiger partial charge in [-0.05, 0) is 74.2 Å². The van der Waals surface area contributed by atoms with Crippen LogP contribution < -0.4 is 14.2 Å². The Labute approximate surface area is 194 Å². The Morgan fingerprint density at radius 1 is 0.788 bits per heavy atom. The van der Waals surface area contributed by atoms with Crippen LogP contribution in [0.1, 0.15) is 55.8 Å². The van der Waals surface area contributed by atoms with Gasteiger partial charge in [0.05, 0.1) is 18.8 Å². The normalized spacial score (nSPS) is 10.2. The van der Waals surface area contributed by atoms with Gasteiger partial charge < -0.3 is 18.9 Å². The molecule has 176 valence electrons. The van der Waals surface area contributed by atoms with Gasteiger partial charge in [0, 0.05) is 12.5 Å². The lowest BCUT2D eigenvalue weighted by Crippen LogP contribution is -2.09. The highest BCUT2D eigenvalue weighted by Crippen LogP contribution is 2.20. The highest BCUT2D eigenvalue weighted by molar-refractivity contribution is 5.91. The van der Waals surface area contributed by atoms with E-state index in [4.69, 9.17) is 18.9 Å². The van der Waals surface area contributed by atoms with Crippen molar-refractivity contribution in [3.8, 4) is 17.2 Å². The number of carbonyl (C=O) groups is 3. The van der Waals surface area contributed by atoms with Gasteiger partial charge in [-0.1, -0.05) is 19.9 Å². The predicted molar refractivity (Wildman–Crippen MR) is 124 cm³/mol. The first-order valence-electron chi connectivity index (χ1n) is 11.1. The van der Waals surface area contributed by atoms with Gasteiger partial charge in [0.2, 0.25) is 0 Å². The minimum atomic E-state index is -0.487. The smallest absolute Gasteiger partial charge is 0.343 e. The molecule has 0 saturated heterocycles. The zero-order chi connectivity index (χ0) is 23.9. The van der Waals surface area contributed by atoms with Crippen LogP contribution >= 0.6 is 0 Å². The number of carbonyl (C=O) groups excluding carboxylic acids is 3. The van der Waals surface area contributed by atoms with Gasteiger partial charge in [0.15, 0.2) is 0 Å². The van der Waals surface area contributed by atoms with Crippen LogP contribution in [0.5, 0.6) is 17.2 Å². The summed E-state index contributed by atoms with van der Waals surface area (Å²) in [6.45, 7) is 6.36. The van der Waals surface area contributed by atoms with Gasteiger partial charge in [0.1, 0.15) is 17.2 Å². The lowest BCUT2D eigenvalue weighted by molar-refractivity contribution is -0.138. The average molecular weight is 455 g/mol. The van der Waals surface area contributed by atoms with Crippen molar-refractivity contribution in [2.75, 3.05) is 13.2 Å². The first-order valence-corrected chi connectivity index (χ1v) is 11.1. The molecule has 0 bridgehead atoms. The molecule has 0 N–H and O–H groups in total. The number of ether oxygens (including phenoxy) is 4. The second kappa shape index (κ2) is 14.5. The van der Waals surface area contributed by atoms with Gasteiger partial charge >= 0.3 is 17.9 Å². The third-order valence-electron chi connectivity index (χ3n) is 4.56. The Morgan fingerprint density at radius 2 is 1.42 bits per heavy atom. The van der Waals surface area contributed by atoms with Crippen molar-refractivity contribution < 1.29 is 33.3 Å². The van der Waals surface area contributed by atoms with E-state index in [0.29, 0.717) is 48.9 Å². The van der Waals surface area contributed by atoms with Gasteiger partial charge in [-0.2, -0.15) is 0 Å². The Morgan fingerprint density at radius 3 is 2.06 bits per heavy atom. The van der Waals surface area contributed by atoms with Crippen LogP contribution in [0.3, 0.4) is 0 Å². The highest BCUT2D eigenvalue weighted by Gasteiger charge is 2.10. The van der Waals surface area contributed by atoms with Crippen LogP contribution in [-0.2, 0) is 14.3 Å². The summed E-state index contributed by atoms with van der Waals surface area (Å²) in [7, 11) is 0. The molecular weight excluding hydrogens is 424 g/mol. The van der Waals surface area contributed by atoms with Gasteiger partial charge in [-0.3, -0.25) is 4.79 Å². The highest BCUT2D eigenvalue weighted by atomic mass is 16.5. The van der Waals surface area contributed by atoms with Crippen molar-refractivity contribution in [3.05, 3.63) is 66.7 Å². The van der Waals surface area contributed by atoms with Crippen LogP contribution in [0.15, 0.2) is 61.2 Å². The summed E-state index contributed by atoms with van der Waals surface area (Å²) in [5, 5.41) is 0. The van der Waals surface area contributed by atoms with E-state index in [1.54, 1.807) is 48.5 Å². The standard InChI is InChI=1S/C26H30O7/c1-3-5-18-30-21-12-10-20(11-13-21)26(29)33-23-16-14-22(15-17-23)32-25(28)9-7-6-8-19-31-24(27)4-2/h4,10-17H,2-3,5-9,18-19H2,1H3. The molecule has 7 nitrogen and oxygen atoms in total.